The number of carbonyl (C=O) groups excluding carboxylic acids is 1. The highest BCUT2D eigenvalue weighted by Crippen LogP contribution is 2.30. The van der Waals surface area contributed by atoms with Crippen LogP contribution in [0, 0.1) is 17.0 Å². The van der Waals surface area contributed by atoms with E-state index < -0.39 is 4.92 Å². The zero-order chi connectivity index (χ0) is 19.6. The number of benzene rings is 2. The van der Waals surface area contributed by atoms with Crippen LogP contribution in [0.3, 0.4) is 0 Å². The van der Waals surface area contributed by atoms with E-state index in [1.54, 1.807) is 13.0 Å². The van der Waals surface area contributed by atoms with Crippen LogP contribution in [0.2, 0.25) is 5.02 Å². The Labute approximate surface area is 162 Å². The van der Waals surface area contributed by atoms with Gasteiger partial charge in [0.15, 0.2) is 0 Å². The summed E-state index contributed by atoms with van der Waals surface area (Å²) in [5.41, 5.74) is 2.33. The van der Waals surface area contributed by atoms with Crippen LogP contribution >= 0.6 is 11.6 Å². The molecule has 1 amide bonds. The number of likely N-dealkylation sites (N-methyl/N-ethyl adjacent to an activating group) is 1. The molecule has 142 valence electrons. The van der Waals surface area contributed by atoms with Crippen molar-refractivity contribution in [1.29, 1.82) is 0 Å². The van der Waals surface area contributed by atoms with Crippen LogP contribution in [0.4, 0.5) is 17.1 Å². The van der Waals surface area contributed by atoms with E-state index in [4.69, 9.17) is 11.6 Å². The fourth-order valence-electron chi connectivity index (χ4n) is 3.09. The predicted octanol–water partition coefficient (Wildman–Crippen LogP) is 3.56. The summed E-state index contributed by atoms with van der Waals surface area (Å²) in [6, 6.07) is 9.74. The lowest BCUT2D eigenvalue weighted by atomic mass is 10.1. The van der Waals surface area contributed by atoms with E-state index in [-0.39, 0.29) is 11.6 Å². The van der Waals surface area contributed by atoms with Crippen molar-refractivity contribution in [1.82, 2.24) is 4.90 Å². The molecule has 1 heterocycles. The topological polar surface area (TPSA) is 78.7 Å². The van der Waals surface area contributed by atoms with Gasteiger partial charge in [-0.3, -0.25) is 14.9 Å². The molecule has 0 saturated carbocycles. The van der Waals surface area contributed by atoms with Crippen LogP contribution in [-0.2, 0) is 0 Å². The van der Waals surface area contributed by atoms with Gasteiger partial charge in [0.25, 0.3) is 11.6 Å². The van der Waals surface area contributed by atoms with E-state index in [0.29, 0.717) is 21.8 Å². The number of rotatable bonds is 4. The Morgan fingerprint density at radius 2 is 1.85 bits per heavy atom. The number of anilines is 2. The number of halogens is 1. The third-order valence-corrected chi connectivity index (χ3v) is 5.01. The smallest absolute Gasteiger partial charge is 0.272 e. The third kappa shape index (κ3) is 4.37. The van der Waals surface area contributed by atoms with Crippen molar-refractivity contribution in [3.8, 4) is 0 Å². The minimum atomic E-state index is -0.464. The minimum absolute atomic E-state index is 0.00822. The number of nitro groups is 1. The molecule has 8 heteroatoms. The summed E-state index contributed by atoms with van der Waals surface area (Å²) in [5, 5.41) is 14.3. The standard InChI is InChI=1S/C19H21ClN4O3/c1-13-11-14(3-5-17(13)24(26)27)19(25)21-15-4-6-18(16(20)12-15)23-9-7-22(2)8-10-23/h3-6,11-12H,7-10H2,1-2H3,(H,21,25). The summed E-state index contributed by atoms with van der Waals surface area (Å²) in [7, 11) is 2.09. The first-order chi connectivity index (χ1) is 12.8. The Hall–Kier alpha value is -2.64. The second-order valence-electron chi connectivity index (χ2n) is 6.67. The molecule has 1 saturated heterocycles. The van der Waals surface area contributed by atoms with Crippen LogP contribution in [0.15, 0.2) is 36.4 Å². The Morgan fingerprint density at radius 1 is 1.15 bits per heavy atom. The first kappa shape index (κ1) is 19.1. The molecule has 0 unspecified atom stereocenters. The van der Waals surface area contributed by atoms with Gasteiger partial charge in [-0.1, -0.05) is 11.6 Å². The first-order valence-electron chi connectivity index (χ1n) is 8.64. The van der Waals surface area contributed by atoms with Crippen LogP contribution in [0.25, 0.3) is 0 Å². The van der Waals surface area contributed by atoms with Crippen LogP contribution in [0.1, 0.15) is 15.9 Å². The Balaban J connectivity index is 1.72. The van der Waals surface area contributed by atoms with Gasteiger partial charge in [0.05, 0.1) is 15.6 Å². The molecule has 1 aliphatic heterocycles. The van der Waals surface area contributed by atoms with E-state index in [9.17, 15) is 14.9 Å². The summed E-state index contributed by atoms with van der Waals surface area (Å²) < 4.78 is 0. The molecule has 27 heavy (non-hydrogen) atoms. The molecule has 3 rings (SSSR count). The van der Waals surface area contributed by atoms with Crippen molar-refractivity contribution < 1.29 is 9.72 Å². The minimum Gasteiger partial charge on any atom is -0.368 e. The third-order valence-electron chi connectivity index (χ3n) is 4.71. The Bertz CT molecular complexity index is 879. The fraction of sp³-hybridized carbons (Fsp3) is 0.316. The van der Waals surface area contributed by atoms with Gasteiger partial charge in [-0.05, 0) is 44.3 Å². The molecular formula is C19H21ClN4O3. The zero-order valence-corrected chi connectivity index (χ0v) is 16.0. The normalized spacial score (nSPS) is 14.9. The van der Waals surface area contributed by atoms with Gasteiger partial charge in [-0.15, -0.1) is 0 Å². The molecule has 0 radical (unpaired) electrons. The van der Waals surface area contributed by atoms with Gasteiger partial charge in [0, 0.05) is 49.1 Å². The van der Waals surface area contributed by atoms with Crippen molar-refractivity contribution >= 4 is 34.6 Å². The van der Waals surface area contributed by atoms with Crippen molar-refractivity contribution in [2.24, 2.45) is 0 Å². The maximum Gasteiger partial charge on any atom is 0.272 e. The maximum absolute atomic E-state index is 12.4. The molecule has 0 atom stereocenters. The van der Waals surface area contributed by atoms with E-state index in [0.717, 1.165) is 31.9 Å². The van der Waals surface area contributed by atoms with E-state index >= 15 is 0 Å². The fourth-order valence-corrected chi connectivity index (χ4v) is 3.39. The summed E-state index contributed by atoms with van der Waals surface area (Å²) in [6.07, 6.45) is 0. The molecule has 0 aromatic heterocycles. The Kier molecular flexibility index (Phi) is 5.62. The number of piperazine rings is 1. The number of carbonyl (C=O) groups is 1. The quantitative estimate of drug-likeness (QED) is 0.640. The lowest BCUT2D eigenvalue weighted by molar-refractivity contribution is -0.385. The molecule has 1 aliphatic rings. The molecule has 2 aromatic carbocycles. The molecule has 7 nitrogen and oxygen atoms in total. The molecular weight excluding hydrogens is 368 g/mol. The van der Waals surface area contributed by atoms with Gasteiger partial charge < -0.3 is 15.1 Å². The molecule has 1 fully saturated rings. The van der Waals surface area contributed by atoms with Crippen LogP contribution < -0.4 is 10.2 Å². The highest BCUT2D eigenvalue weighted by Gasteiger charge is 2.18. The average molecular weight is 389 g/mol. The van der Waals surface area contributed by atoms with Gasteiger partial charge in [-0.25, -0.2) is 0 Å². The van der Waals surface area contributed by atoms with Crippen molar-refractivity contribution in [2.75, 3.05) is 43.4 Å². The van der Waals surface area contributed by atoms with Gasteiger partial charge in [0.1, 0.15) is 0 Å². The van der Waals surface area contributed by atoms with Crippen molar-refractivity contribution in [2.45, 2.75) is 6.92 Å². The molecule has 0 spiro atoms. The number of hydrogen-bond donors (Lipinski definition) is 1. The molecule has 0 aliphatic carbocycles. The number of aryl methyl sites for hydroxylation is 1. The number of nitrogens with zero attached hydrogens (tertiary/aromatic N) is 3. The summed E-state index contributed by atoms with van der Waals surface area (Å²) >= 11 is 6.43. The number of hydrogen-bond acceptors (Lipinski definition) is 5. The Morgan fingerprint density at radius 3 is 2.44 bits per heavy atom. The predicted molar refractivity (Wildman–Crippen MR) is 107 cm³/mol. The number of nitro benzene ring substituents is 1. The SMILES string of the molecule is Cc1cc(C(=O)Nc2ccc(N3CCN(C)CC3)c(Cl)c2)ccc1[N+](=O)[O-]. The lowest BCUT2D eigenvalue weighted by Gasteiger charge is -2.34. The van der Waals surface area contributed by atoms with Crippen LogP contribution in [-0.4, -0.2) is 49.0 Å². The zero-order valence-electron chi connectivity index (χ0n) is 15.2. The highest BCUT2D eigenvalue weighted by atomic mass is 35.5. The maximum atomic E-state index is 12.4. The van der Waals surface area contributed by atoms with Crippen LogP contribution in [0.5, 0.6) is 0 Å². The molecule has 2 aromatic rings. The van der Waals surface area contributed by atoms with Crippen molar-refractivity contribution in [3.05, 3.63) is 62.7 Å². The highest BCUT2D eigenvalue weighted by molar-refractivity contribution is 6.33. The summed E-state index contributed by atoms with van der Waals surface area (Å²) in [6.45, 7) is 5.38. The average Bonchev–Trinajstić information content (AvgIpc) is 2.62. The van der Waals surface area contributed by atoms with Gasteiger partial charge in [0.2, 0.25) is 0 Å². The first-order valence-corrected chi connectivity index (χ1v) is 9.02. The molecule has 1 N–H and O–H groups in total. The second kappa shape index (κ2) is 7.94. The lowest BCUT2D eigenvalue weighted by Crippen LogP contribution is -2.44. The van der Waals surface area contributed by atoms with E-state index in [2.05, 4.69) is 22.2 Å². The van der Waals surface area contributed by atoms with Gasteiger partial charge in [-0.2, -0.15) is 0 Å². The number of amides is 1. The summed E-state index contributed by atoms with van der Waals surface area (Å²) in [4.78, 5) is 27.4. The van der Waals surface area contributed by atoms with E-state index in [1.807, 2.05) is 12.1 Å². The summed E-state index contributed by atoms with van der Waals surface area (Å²) in [5.74, 6) is -0.337. The molecule has 0 bridgehead atoms. The number of nitrogens with one attached hydrogen (secondary N) is 1. The second-order valence-corrected chi connectivity index (χ2v) is 7.08. The van der Waals surface area contributed by atoms with Crippen molar-refractivity contribution in [3.63, 3.8) is 0 Å². The monoisotopic (exact) mass is 388 g/mol. The van der Waals surface area contributed by atoms with E-state index in [1.165, 1.54) is 18.2 Å². The van der Waals surface area contributed by atoms with Gasteiger partial charge >= 0.3 is 0 Å². The largest absolute Gasteiger partial charge is 0.368 e.